The third kappa shape index (κ3) is 2.88. The molecule has 3 N–H and O–H groups in total. The first-order chi connectivity index (χ1) is 8.97. The molecule has 0 aromatic heterocycles. The minimum absolute atomic E-state index is 0.0844. The summed E-state index contributed by atoms with van der Waals surface area (Å²) in [6.07, 6.45) is 0. The standard InChI is InChI=1S/C14H12F2N2O/c1-8-12(16)3-2-4-13(8)18-14(19)9-5-10(15)7-11(17)6-9/h2-7H,17H2,1H3,(H,18,19). The first kappa shape index (κ1) is 13.0. The highest BCUT2D eigenvalue weighted by atomic mass is 19.1. The van der Waals surface area contributed by atoms with E-state index in [0.717, 1.165) is 12.1 Å². The van der Waals surface area contributed by atoms with Gasteiger partial charge in [-0.15, -0.1) is 0 Å². The minimum atomic E-state index is -0.596. The Balaban J connectivity index is 2.28. The number of carbonyl (C=O) groups excluding carboxylic acids is 1. The summed E-state index contributed by atoms with van der Waals surface area (Å²) in [5, 5.41) is 2.52. The van der Waals surface area contributed by atoms with Crippen LogP contribution in [0, 0.1) is 18.6 Å². The van der Waals surface area contributed by atoms with E-state index in [4.69, 9.17) is 5.73 Å². The number of amides is 1. The van der Waals surface area contributed by atoms with Gasteiger partial charge in [-0.3, -0.25) is 4.79 Å². The maximum absolute atomic E-state index is 13.3. The Bertz CT molecular complexity index is 621. The molecule has 0 atom stereocenters. The lowest BCUT2D eigenvalue weighted by molar-refractivity contribution is 0.102. The van der Waals surface area contributed by atoms with Crippen molar-refractivity contribution in [3.63, 3.8) is 0 Å². The number of rotatable bonds is 2. The van der Waals surface area contributed by atoms with Crippen molar-refractivity contribution in [1.82, 2.24) is 0 Å². The summed E-state index contributed by atoms with van der Waals surface area (Å²) < 4.78 is 26.5. The van der Waals surface area contributed by atoms with Crippen molar-refractivity contribution >= 4 is 17.3 Å². The van der Waals surface area contributed by atoms with Crippen LogP contribution in [-0.4, -0.2) is 5.91 Å². The van der Waals surface area contributed by atoms with Gasteiger partial charge < -0.3 is 11.1 Å². The lowest BCUT2D eigenvalue weighted by Gasteiger charge is -2.09. The Kier molecular flexibility index (Phi) is 3.46. The van der Waals surface area contributed by atoms with Crippen LogP contribution in [0.3, 0.4) is 0 Å². The van der Waals surface area contributed by atoms with Gasteiger partial charge in [0.25, 0.3) is 5.91 Å². The van der Waals surface area contributed by atoms with E-state index >= 15 is 0 Å². The van der Waals surface area contributed by atoms with E-state index in [9.17, 15) is 13.6 Å². The number of hydrogen-bond acceptors (Lipinski definition) is 2. The van der Waals surface area contributed by atoms with Crippen molar-refractivity contribution < 1.29 is 13.6 Å². The molecule has 19 heavy (non-hydrogen) atoms. The number of nitrogens with two attached hydrogens (primary N) is 1. The van der Waals surface area contributed by atoms with Crippen molar-refractivity contribution in [3.05, 3.63) is 59.2 Å². The van der Waals surface area contributed by atoms with Crippen LogP contribution < -0.4 is 11.1 Å². The second-order valence-electron chi connectivity index (χ2n) is 4.14. The molecule has 1 amide bonds. The topological polar surface area (TPSA) is 55.1 Å². The van der Waals surface area contributed by atoms with Crippen LogP contribution in [0.2, 0.25) is 0 Å². The van der Waals surface area contributed by atoms with Gasteiger partial charge in [0.05, 0.1) is 0 Å². The quantitative estimate of drug-likeness (QED) is 0.817. The summed E-state index contributed by atoms with van der Waals surface area (Å²) in [5.41, 5.74) is 6.36. The molecule has 3 nitrogen and oxygen atoms in total. The fourth-order valence-corrected chi connectivity index (χ4v) is 1.68. The molecule has 0 heterocycles. The number of anilines is 2. The van der Waals surface area contributed by atoms with Crippen molar-refractivity contribution in [2.75, 3.05) is 11.1 Å². The molecule has 98 valence electrons. The second-order valence-corrected chi connectivity index (χ2v) is 4.14. The Labute approximate surface area is 109 Å². The van der Waals surface area contributed by atoms with Gasteiger partial charge in [0.15, 0.2) is 0 Å². The molecule has 0 saturated carbocycles. The highest BCUT2D eigenvalue weighted by molar-refractivity contribution is 6.05. The molecule has 0 bridgehead atoms. The fraction of sp³-hybridized carbons (Fsp3) is 0.0714. The predicted molar refractivity (Wildman–Crippen MR) is 69.9 cm³/mol. The summed E-state index contributed by atoms with van der Waals surface area (Å²) in [7, 11) is 0. The maximum Gasteiger partial charge on any atom is 0.255 e. The van der Waals surface area contributed by atoms with Gasteiger partial charge in [0, 0.05) is 22.5 Å². The van der Waals surface area contributed by atoms with Crippen LogP contribution in [-0.2, 0) is 0 Å². The van der Waals surface area contributed by atoms with Crippen molar-refractivity contribution in [2.24, 2.45) is 0 Å². The summed E-state index contributed by atoms with van der Waals surface area (Å²) in [6.45, 7) is 1.55. The van der Waals surface area contributed by atoms with Gasteiger partial charge in [-0.2, -0.15) is 0 Å². The summed E-state index contributed by atoms with van der Waals surface area (Å²) in [4.78, 5) is 11.9. The Morgan fingerprint density at radius 2 is 1.95 bits per heavy atom. The molecule has 5 heteroatoms. The van der Waals surface area contributed by atoms with E-state index < -0.39 is 17.5 Å². The molecule has 0 unspecified atom stereocenters. The second kappa shape index (κ2) is 5.06. The van der Waals surface area contributed by atoms with Crippen LogP contribution in [0.5, 0.6) is 0 Å². The first-order valence-electron chi connectivity index (χ1n) is 5.60. The van der Waals surface area contributed by atoms with Gasteiger partial charge >= 0.3 is 0 Å². The van der Waals surface area contributed by atoms with Crippen molar-refractivity contribution in [3.8, 4) is 0 Å². The van der Waals surface area contributed by atoms with E-state index in [0.29, 0.717) is 11.3 Å². The monoisotopic (exact) mass is 262 g/mol. The van der Waals surface area contributed by atoms with E-state index in [-0.39, 0.29) is 11.3 Å². The average molecular weight is 262 g/mol. The van der Waals surface area contributed by atoms with Gasteiger partial charge in [0.1, 0.15) is 11.6 Å². The SMILES string of the molecule is Cc1c(F)cccc1NC(=O)c1cc(N)cc(F)c1. The van der Waals surface area contributed by atoms with E-state index in [2.05, 4.69) is 5.32 Å². The maximum atomic E-state index is 13.3. The molecule has 2 aromatic rings. The predicted octanol–water partition coefficient (Wildman–Crippen LogP) is 3.11. The minimum Gasteiger partial charge on any atom is -0.399 e. The van der Waals surface area contributed by atoms with Crippen LogP contribution in [0.25, 0.3) is 0 Å². The Hall–Kier alpha value is -2.43. The van der Waals surface area contributed by atoms with Crippen LogP contribution in [0.15, 0.2) is 36.4 Å². The van der Waals surface area contributed by atoms with Crippen molar-refractivity contribution in [1.29, 1.82) is 0 Å². The van der Waals surface area contributed by atoms with Crippen LogP contribution in [0.4, 0.5) is 20.2 Å². The molecule has 0 fully saturated rings. The lowest BCUT2D eigenvalue weighted by Crippen LogP contribution is -2.13. The third-order valence-electron chi connectivity index (χ3n) is 2.70. The van der Waals surface area contributed by atoms with Gasteiger partial charge in [-0.25, -0.2) is 8.78 Å². The van der Waals surface area contributed by atoms with E-state index in [1.165, 1.54) is 18.2 Å². The molecule has 0 spiro atoms. The fourth-order valence-electron chi connectivity index (χ4n) is 1.68. The smallest absolute Gasteiger partial charge is 0.255 e. The molecular weight excluding hydrogens is 250 g/mol. The average Bonchev–Trinajstić information content (AvgIpc) is 2.33. The lowest BCUT2D eigenvalue weighted by atomic mass is 10.1. The van der Waals surface area contributed by atoms with E-state index in [1.54, 1.807) is 13.0 Å². The zero-order valence-corrected chi connectivity index (χ0v) is 10.2. The van der Waals surface area contributed by atoms with Gasteiger partial charge in [-0.1, -0.05) is 6.07 Å². The zero-order chi connectivity index (χ0) is 14.0. The molecule has 2 aromatic carbocycles. The number of benzene rings is 2. The number of nitrogen functional groups attached to an aromatic ring is 1. The molecule has 0 aliphatic rings. The normalized spacial score (nSPS) is 10.3. The summed E-state index contributed by atoms with van der Waals surface area (Å²) in [6, 6.07) is 7.89. The Morgan fingerprint density at radius 3 is 2.63 bits per heavy atom. The molecule has 0 aliphatic heterocycles. The van der Waals surface area contributed by atoms with Gasteiger partial charge in [-0.05, 0) is 37.3 Å². The number of halogens is 2. The van der Waals surface area contributed by atoms with Crippen LogP contribution in [0.1, 0.15) is 15.9 Å². The van der Waals surface area contributed by atoms with Crippen molar-refractivity contribution in [2.45, 2.75) is 6.92 Å². The summed E-state index contributed by atoms with van der Waals surface area (Å²) >= 11 is 0. The third-order valence-corrected chi connectivity index (χ3v) is 2.70. The zero-order valence-electron chi connectivity index (χ0n) is 10.2. The summed E-state index contributed by atoms with van der Waals surface area (Å²) in [5.74, 6) is -1.56. The van der Waals surface area contributed by atoms with Gasteiger partial charge in [0.2, 0.25) is 0 Å². The molecular formula is C14H12F2N2O. The highest BCUT2D eigenvalue weighted by Crippen LogP contribution is 2.19. The number of carbonyl (C=O) groups is 1. The molecule has 0 saturated heterocycles. The largest absolute Gasteiger partial charge is 0.399 e. The molecule has 0 aliphatic carbocycles. The highest BCUT2D eigenvalue weighted by Gasteiger charge is 2.11. The number of hydrogen-bond donors (Lipinski definition) is 2. The van der Waals surface area contributed by atoms with E-state index in [1.807, 2.05) is 0 Å². The molecule has 2 rings (SSSR count). The van der Waals surface area contributed by atoms with Crippen LogP contribution >= 0.6 is 0 Å². The first-order valence-corrected chi connectivity index (χ1v) is 5.60. The Morgan fingerprint density at radius 1 is 1.21 bits per heavy atom. The number of nitrogens with one attached hydrogen (secondary N) is 1. The molecule has 0 radical (unpaired) electrons.